The average Bonchev–Trinajstić information content (AvgIpc) is 3.23. The van der Waals surface area contributed by atoms with Gasteiger partial charge in [-0.15, -0.1) is 0 Å². The van der Waals surface area contributed by atoms with Gasteiger partial charge in [0, 0.05) is 11.1 Å². The molecule has 182 valence electrons. The number of aromatic nitrogens is 2. The molecule has 0 fully saturated rings. The number of benzene rings is 3. The van der Waals surface area contributed by atoms with Crippen LogP contribution in [0.15, 0.2) is 73.1 Å². The zero-order chi connectivity index (χ0) is 25.5. The molecule has 0 saturated carbocycles. The molecule has 0 aliphatic rings. The fourth-order valence-electron chi connectivity index (χ4n) is 4.89. The summed E-state index contributed by atoms with van der Waals surface area (Å²) in [7, 11) is 0. The van der Waals surface area contributed by atoms with Crippen molar-refractivity contribution in [2.75, 3.05) is 0 Å². The Morgan fingerprint density at radius 1 is 0.800 bits per heavy atom. The monoisotopic (exact) mass is 469 g/mol. The Kier molecular flexibility index (Phi) is 6.73. The number of nitrogens with zero attached hydrogens (tertiary/aromatic N) is 2. The Balaban J connectivity index is 2.09. The highest BCUT2D eigenvalue weighted by Crippen LogP contribution is 2.38. The maximum Gasteiger partial charge on any atom is 0.294 e. The van der Waals surface area contributed by atoms with Crippen molar-refractivity contribution >= 4 is 0 Å². The quantitative estimate of drug-likeness (QED) is 0.259. The van der Waals surface area contributed by atoms with E-state index in [0.717, 1.165) is 17.0 Å². The van der Waals surface area contributed by atoms with Crippen LogP contribution in [-0.4, -0.2) is 4.57 Å². The van der Waals surface area contributed by atoms with Crippen LogP contribution in [0.1, 0.15) is 77.0 Å². The van der Waals surface area contributed by atoms with E-state index >= 15 is 0 Å². The largest absolute Gasteiger partial charge is 0.294 e. The van der Waals surface area contributed by atoms with Crippen LogP contribution in [0.4, 0.5) is 4.39 Å². The molecule has 0 saturated heterocycles. The molecule has 4 rings (SSSR count). The third-order valence-corrected chi connectivity index (χ3v) is 6.73. The molecule has 2 nitrogen and oxygen atoms in total. The summed E-state index contributed by atoms with van der Waals surface area (Å²) in [5.41, 5.74) is 8.18. The average molecular weight is 470 g/mol. The Morgan fingerprint density at radius 2 is 1.40 bits per heavy atom. The van der Waals surface area contributed by atoms with Gasteiger partial charge >= 0.3 is 0 Å². The molecule has 0 bridgehead atoms. The fourth-order valence-corrected chi connectivity index (χ4v) is 4.89. The van der Waals surface area contributed by atoms with E-state index in [0.29, 0.717) is 11.8 Å². The zero-order valence-corrected chi connectivity index (χ0v) is 22.4. The van der Waals surface area contributed by atoms with Crippen LogP contribution in [-0.2, 0) is 5.54 Å². The number of aryl methyl sites for hydroxylation is 1. The predicted octanol–water partition coefficient (Wildman–Crippen LogP) is 8.55. The number of hydrogen-bond acceptors (Lipinski definition) is 0. The standard InChI is InChI=1S/C32H38FN2/c1-21(2)28-19-25(24-12-10-9-11-13-24)20-29(22(3)4)30(28)34-16-17-35(32(6,7)8)31(34)27-15-14-26(33)18-23(27)5/h9-22H,1-8H3/q+1. The lowest BCUT2D eigenvalue weighted by Crippen LogP contribution is -2.50. The molecule has 0 N–H and O–H groups in total. The molecule has 35 heavy (non-hydrogen) atoms. The lowest BCUT2D eigenvalue weighted by atomic mass is 9.88. The van der Waals surface area contributed by atoms with Gasteiger partial charge in [0.05, 0.1) is 5.56 Å². The molecule has 1 heterocycles. The third kappa shape index (κ3) is 4.82. The first-order valence-electron chi connectivity index (χ1n) is 12.6. The van der Waals surface area contributed by atoms with Gasteiger partial charge in [0.25, 0.3) is 5.82 Å². The van der Waals surface area contributed by atoms with Crippen molar-refractivity contribution in [3.63, 3.8) is 0 Å². The van der Waals surface area contributed by atoms with E-state index in [9.17, 15) is 4.39 Å². The lowest BCUT2D eigenvalue weighted by Gasteiger charge is -2.22. The molecule has 4 aromatic rings. The summed E-state index contributed by atoms with van der Waals surface area (Å²) in [6.45, 7) is 17.7. The van der Waals surface area contributed by atoms with E-state index in [1.165, 1.54) is 27.9 Å². The maximum absolute atomic E-state index is 14.1. The summed E-state index contributed by atoms with van der Waals surface area (Å²) < 4.78 is 18.7. The van der Waals surface area contributed by atoms with E-state index in [-0.39, 0.29) is 11.4 Å². The second-order valence-corrected chi connectivity index (χ2v) is 11.2. The Hall–Kier alpha value is -3.20. The summed E-state index contributed by atoms with van der Waals surface area (Å²) >= 11 is 0. The Morgan fingerprint density at radius 3 is 1.91 bits per heavy atom. The fraction of sp³-hybridized carbons (Fsp3) is 0.344. The molecule has 3 heteroatoms. The van der Waals surface area contributed by atoms with Crippen LogP contribution in [0, 0.1) is 12.7 Å². The van der Waals surface area contributed by atoms with Crippen LogP contribution < -0.4 is 4.57 Å². The van der Waals surface area contributed by atoms with E-state index < -0.39 is 0 Å². The van der Waals surface area contributed by atoms with Crippen LogP contribution in [0.5, 0.6) is 0 Å². The third-order valence-electron chi connectivity index (χ3n) is 6.73. The summed E-state index contributed by atoms with van der Waals surface area (Å²) in [4.78, 5) is 0. The first-order valence-corrected chi connectivity index (χ1v) is 12.6. The second kappa shape index (κ2) is 9.45. The van der Waals surface area contributed by atoms with Crippen LogP contribution in [0.3, 0.4) is 0 Å². The zero-order valence-electron chi connectivity index (χ0n) is 22.4. The van der Waals surface area contributed by atoms with Gasteiger partial charge in [-0.1, -0.05) is 58.0 Å². The highest BCUT2D eigenvalue weighted by Gasteiger charge is 2.33. The van der Waals surface area contributed by atoms with Crippen LogP contribution >= 0.6 is 0 Å². The Labute approximate surface area is 210 Å². The molecule has 0 spiro atoms. The summed E-state index contributed by atoms with van der Waals surface area (Å²) in [5.74, 6) is 1.54. The van der Waals surface area contributed by atoms with Gasteiger partial charge < -0.3 is 0 Å². The number of imidazole rings is 1. The maximum atomic E-state index is 14.1. The van der Waals surface area contributed by atoms with E-state index in [1.54, 1.807) is 12.1 Å². The second-order valence-electron chi connectivity index (χ2n) is 11.2. The van der Waals surface area contributed by atoms with E-state index in [2.05, 4.69) is 112 Å². The SMILES string of the molecule is Cc1cc(F)ccc1-c1n(-c2c(C(C)C)cc(-c3ccccc3)cc2C(C)C)cc[n+]1C(C)(C)C. The number of hydrogen-bond donors (Lipinski definition) is 0. The van der Waals surface area contributed by atoms with Gasteiger partial charge in [-0.2, -0.15) is 4.57 Å². The molecule has 0 radical (unpaired) electrons. The molecule has 0 amide bonds. The number of rotatable bonds is 5. The van der Waals surface area contributed by atoms with Crippen molar-refractivity contribution in [3.05, 3.63) is 95.6 Å². The van der Waals surface area contributed by atoms with Gasteiger partial charge in [0.2, 0.25) is 0 Å². The van der Waals surface area contributed by atoms with Crippen molar-refractivity contribution < 1.29 is 8.96 Å². The van der Waals surface area contributed by atoms with Crippen molar-refractivity contribution in [2.45, 2.75) is 72.8 Å². The van der Waals surface area contributed by atoms with Crippen molar-refractivity contribution in [1.82, 2.24) is 4.57 Å². The predicted molar refractivity (Wildman–Crippen MR) is 145 cm³/mol. The Bertz CT molecular complexity index is 1310. The first kappa shape index (κ1) is 24.9. The first-order chi connectivity index (χ1) is 16.5. The van der Waals surface area contributed by atoms with Gasteiger partial charge in [0.1, 0.15) is 29.4 Å². The van der Waals surface area contributed by atoms with Crippen molar-refractivity contribution in [2.24, 2.45) is 0 Å². The topological polar surface area (TPSA) is 8.81 Å². The summed E-state index contributed by atoms with van der Waals surface area (Å²) in [5, 5.41) is 0. The molecule has 0 aliphatic heterocycles. The van der Waals surface area contributed by atoms with Crippen LogP contribution in [0.2, 0.25) is 0 Å². The molecule has 3 aromatic carbocycles. The summed E-state index contributed by atoms with van der Waals surface area (Å²) in [6.07, 6.45) is 4.34. The smallest absolute Gasteiger partial charge is 0.225 e. The van der Waals surface area contributed by atoms with Crippen molar-refractivity contribution in [3.8, 4) is 28.2 Å². The lowest BCUT2D eigenvalue weighted by molar-refractivity contribution is -0.743. The van der Waals surface area contributed by atoms with E-state index in [1.807, 2.05) is 13.0 Å². The van der Waals surface area contributed by atoms with Gasteiger partial charge in [-0.05, 0) is 86.6 Å². The van der Waals surface area contributed by atoms with Crippen molar-refractivity contribution in [1.29, 1.82) is 0 Å². The molecular weight excluding hydrogens is 431 g/mol. The molecular formula is C32H38FN2+. The molecule has 0 aliphatic carbocycles. The minimum absolute atomic E-state index is 0.138. The minimum Gasteiger partial charge on any atom is -0.225 e. The number of halogens is 1. The van der Waals surface area contributed by atoms with Gasteiger partial charge in [-0.3, -0.25) is 0 Å². The van der Waals surface area contributed by atoms with E-state index in [4.69, 9.17) is 0 Å². The van der Waals surface area contributed by atoms with Crippen LogP contribution in [0.25, 0.3) is 28.2 Å². The minimum atomic E-state index is -0.204. The van der Waals surface area contributed by atoms with Gasteiger partial charge in [0.15, 0.2) is 0 Å². The molecule has 0 atom stereocenters. The molecule has 0 unspecified atom stereocenters. The highest BCUT2D eigenvalue weighted by atomic mass is 19.1. The van der Waals surface area contributed by atoms with Gasteiger partial charge in [-0.25, -0.2) is 8.96 Å². The molecule has 1 aromatic heterocycles. The highest BCUT2D eigenvalue weighted by molar-refractivity contribution is 5.71. The summed E-state index contributed by atoms with van der Waals surface area (Å²) in [6, 6.07) is 20.4. The normalized spacial score (nSPS) is 12.1.